The van der Waals surface area contributed by atoms with Gasteiger partial charge < -0.3 is 5.32 Å². The van der Waals surface area contributed by atoms with Crippen molar-refractivity contribution < 1.29 is 13.2 Å². The molecule has 2 aromatic carbocycles. The van der Waals surface area contributed by atoms with Gasteiger partial charge in [0, 0.05) is 29.4 Å². The minimum Gasteiger partial charge on any atom is -0.388 e. The summed E-state index contributed by atoms with van der Waals surface area (Å²) in [5.41, 5.74) is 3.59. The van der Waals surface area contributed by atoms with Gasteiger partial charge in [0.2, 0.25) is 0 Å². The number of fused-ring (bicyclic) bond motifs is 1. The van der Waals surface area contributed by atoms with E-state index in [2.05, 4.69) is 10.3 Å². The molecule has 1 aliphatic rings. The standard InChI is InChI=1S/C18H15F3N2/c1-22-16-10-11-23-17(15-5-3-2-4-14(15)16)12-6-8-13(9-7-12)18(19,20)21/h2-10,22H,11H2,1H3. The highest BCUT2D eigenvalue weighted by atomic mass is 19.4. The molecule has 1 aliphatic heterocycles. The maximum atomic E-state index is 12.7. The molecule has 0 spiro atoms. The summed E-state index contributed by atoms with van der Waals surface area (Å²) in [6.45, 7) is 0.473. The normalized spacial score (nSPS) is 14.4. The predicted molar refractivity (Wildman–Crippen MR) is 85.4 cm³/mol. The number of rotatable bonds is 2. The molecule has 2 nitrogen and oxygen atoms in total. The van der Waals surface area contributed by atoms with E-state index < -0.39 is 11.7 Å². The molecule has 2 aromatic rings. The molecule has 5 heteroatoms. The Hall–Kier alpha value is -2.56. The molecule has 1 heterocycles. The molecule has 1 N–H and O–H groups in total. The lowest BCUT2D eigenvalue weighted by Crippen LogP contribution is -2.11. The zero-order chi connectivity index (χ0) is 16.4. The third kappa shape index (κ3) is 2.99. The highest BCUT2D eigenvalue weighted by Crippen LogP contribution is 2.30. The van der Waals surface area contributed by atoms with Crippen molar-refractivity contribution in [2.75, 3.05) is 13.6 Å². The first-order valence-electron chi connectivity index (χ1n) is 7.20. The fraction of sp³-hybridized carbons (Fsp3) is 0.167. The van der Waals surface area contributed by atoms with Crippen molar-refractivity contribution in [3.05, 3.63) is 76.9 Å². The van der Waals surface area contributed by atoms with Gasteiger partial charge in [-0.2, -0.15) is 13.2 Å². The van der Waals surface area contributed by atoms with E-state index in [1.165, 1.54) is 12.1 Å². The van der Waals surface area contributed by atoms with Crippen LogP contribution in [0, 0.1) is 0 Å². The second-order valence-electron chi connectivity index (χ2n) is 5.18. The molecule has 0 bridgehead atoms. The quantitative estimate of drug-likeness (QED) is 0.885. The van der Waals surface area contributed by atoms with Gasteiger partial charge in [0.25, 0.3) is 0 Å². The second kappa shape index (κ2) is 5.91. The fourth-order valence-electron chi connectivity index (χ4n) is 2.65. The van der Waals surface area contributed by atoms with Crippen LogP contribution in [0.15, 0.2) is 59.6 Å². The first-order valence-corrected chi connectivity index (χ1v) is 7.20. The van der Waals surface area contributed by atoms with Crippen LogP contribution in [0.25, 0.3) is 5.70 Å². The number of hydrogen-bond acceptors (Lipinski definition) is 2. The Balaban J connectivity index is 2.05. The monoisotopic (exact) mass is 316 g/mol. The lowest BCUT2D eigenvalue weighted by molar-refractivity contribution is -0.137. The fourth-order valence-corrected chi connectivity index (χ4v) is 2.65. The summed E-state index contributed by atoms with van der Waals surface area (Å²) < 4.78 is 38.1. The number of aliphatic imine (C=N–C) groups is 1. The molecule has 0 aromatic heterocycles. The van der Waals surface area contributed by atoms with Gasteiger partial charge in [0.05, 0.1) is 17.8 Å². The molecule has 0 fully saturated rings. The van der Waals surface area contributed by atoms with Crippen molar-refractivity contribution in [1.29, 1.82) is 0 Å². The van der Waals surface area contributed by atoms with Gasteiger partial charge in [0.1, 0.15) is 0 Å². The van der Waals surface area contributed by atoms with Crippen LogP contribution >= 0.6 is 0 Å². The largest absolute Gasteiger partial charge is 0.416 e. The van der Waals surface area contributed by atoms with Crippen LogP contribution in [0.2, 0.25) is 0 Å². The van der Waals surface area contributed by atoms with Crippen molar-refractivity contribution >= 4 is 11.4 Å². The highest BCUT2D eigenvalue weighted by Gasteiger charge is 2.30. The summed E-state index contributed by atoms with van der Waals surface area (Å²) in [7, 11) is 1.84. The van der Waals surface area contributed by atoms with Crippen molar-refractivity contribution in [2.45, 2.75) is 6.18 Å². The molecule has 3 rings (SSSR count). The summed E-state index contributed by atoms with van der Waals surface area (Å²) in [4.78, 5) is 4.54. The summed E-state index contributed by atoms with van der Waals surface area (Å²) in [6, 6.07) is 12.9. The van der Waals surface area contributed by atoms with Crippen LogP contribution in [0.5, 0.6) is 0 Å². The topological polar surface area (TPSA) is 24.4 Å². The van der Waals surface area contributed by atoms with Gasteiger partial charge in [-0.1, -0.05) is 36.4 Å². The SMILES string of the molecule is CNC1=CCN=C(c2ccc(C(F)(F)F)cc2)c2ccccc21. The lowest BCUT2D eigenvalue weighted by Gasteiger charge is -2.13. The van der Waals surface area contributed by atoms with Crippen molar-refractivity contribution in [3.8, 4) is 0 Å². The van der Waals surface area contributed by atoms with E-state index in [1.54, 1.807) is 0 Å². The van der Waals surface area contributed by atoms with Gasteiger partial charge in [-0.05, 0) is 18.2 Å². The third-order valence-electron chi connectivity index (χ3n) is 3.77. The smallest absolute Gasteiger partial charge is 0.388 e. The molecule has 118 valence electrons. The number of nitrogens with zero attached hydrogens (tertiary/aromatic N) is 1. The van der Waals surface area contributed by atoms with Gasteiger partial charge >= 0.3 is 6.18 Å². The Morgan fingerprint density at radius 3 is 2.22 bits per heavy atom. The Labute approximate surface area is 132 Å². The maximum Gasteiger partial charge on any atom is 0.416 e. The van der Waals surface area contributed by atoms with Crippen LogP contribution in [0.1, 0.15) is 22.3 Å². The van der Waals surface area contributed by atoms with E-state index in [4.69, 9.17) is 0 Å². The molecule has 23 heavy (non-hydrogen) atoms. The zero-order valence-electron chi connectivity index (χ0n) is 12.5. The minimum atomic E-state index is -4.33. The van der Waals surface area contributed by atoms with Crippen LogP contribution in [-0.4, -0.2) is 19.3 Å². The van der Waals surface area contributed by atoms with Gasteiger partial charge in [-0.25, -0.2) is 0 Å². The number of benzene rings is 2. The van der Waals surface area contributed by atoms with E-state index >= 15 is 0 Å². The average Bonchev–Trinajstić information content (AvgIpc) is 2.73. The van der Waals surface area contributed by atoms with Crippen LogP contribution in [0.4, 0.5) is 13.2 Å². The van der Waals surface area contributed by atoms with Crippen molar-refractivity contribution in [1.82, 2.24) is 5.32 Å². The number of alkyl halides is 3. The van der Waals surface area contributed by atoms with Crippen LogP contribution in [0.3, 0.4) is 0 Å². The molecule has 0 unspecified atom stereocenters. The number of nitrogens with one attached hydrogen (secondary N) is 1. The molecule has 0 aliphatic carbocycles. The van der Waals surface area contributed by atoms with Gasteiger partial charge in [-0.15, -0.1) is 0 Å². The minimum absolute atomic E-state index is 0.473. The summed E-state index contributed by atoms with van der Waals surface area (Å²) >= 11 is 0. The number of hydrogen-bond donors (Lipinski definition) is 1. The summed E-state index contributed by atoms with van der Waals surface area (Å²) in [6.07, 6.45) is -2.36. The van der Waals surface area contributed by atoms with Crippen LogP contribution < -0.4 is 5.32 Å². The van der Waals surface area contributed by atoms with Crippen molar-refractivity contribution in [2.24, 2.45) is 4.99 Å². The first-order chi connectivity index (χ1) is 11.0. The van der Waals surface area contributed by atoms with E-state index in [0.29, 0.717) is 17.8 Å². The zero-order valence-corrected chi connectivity index (χ0v) is 12.5. The second-order valence-corrected chi connectivity index (χ2v) is 5.18. The maximum absolute atomic E-state index is 12.7. The average molecular weight is 316 g/mol. The van der Waals surface area contributed by atoms with Crippen molar-refractivity contribution in [3.63, 3.8) is 0 Å². The molecular weight excluding hydrogens is 301 g/mol. The molecule has 0 saturated carbocycles. The van der Waals surface area contributed by atoms with E-state index in [-0.39, 0.29) is 0 Å². The molecule has 0 amide bonds. The van der Waals surface area contributed by atoms with Gasteiger partial charge in [0.15, 0.2) is 0 Å². The summed E-state index contributed by atoms with van der Waals surface area (Å²) in [5, 5.41) is 3.14. The first kappa shape index (κ1) is 15.3. The molecule has 0 radical (unpaired) electrons. The van der Waals surface area contributed by atoms with Crippen LogP contribution in [-0.2, 0) is 6.18 Å². The predicted octanol–water partition coefficient (Wildman–Crippen LogP) is 4.12. The van der Waals surface area contributed by atoms with E-state index in [9.17, 15) is 13.2 Å². The molecule has 0 atom stereocenters. The molecule has 0 saturated heterocycles. The lowest BCUT2D eigenvalue weighted by atomic mass is 9.95. The summed E-state index contributed by atoms with van der Waals surface area (Å²) in [5.74, 6) is 0. The number of halogens is 3. The Morgan fingerprint density at radius 2 is 1.61 bits per heavy atom. The van der Waals surface area contributed by atoms with E-state index in [0.717, 1.165) is 29.0 Å². The Kier molecular flexibility index (Phi) is 3.94. The van der Waals surface area contributed by atoms with Gasteiger partial charge in [-0.3, -0.25) is 4.99 Å². The Morgan fingerprint density at radius 1 is 0.957 bits per heavy atom. The molecular formula is C18H15F3N2. The third-order valence-corrected chi connectivity index (χ3v) is 3.77. The Bertz CT molecular complexity index is 772. The highest BCUT2D eigenvalue weighted by molar-refractivity contribution is 6.15. The van der Waals surface area contributed by atoms with E-state index in [1.807, 2.05) is 37.4 Å².